The Morgan fingerprint density at radius 1 is 1.38 bits per heavy atom. The molecule has 0 aromatic rings. The molecule has 90 valence electrons. The normalized spacial score (nSPS) is 22.8. The lowest BCUT2D eigenvalue weighted by Gasteiger charge is -2.35. The molecular formula is C10H15NO4S. The van der Waals surface area contributed by atoms with E-state index < -0.39 is 16.8 Å². The number of hydrogen-bond donors (Lipinski definition) is 1. The first kappa shape index (κ1) is 12.9. The molecule has 0 aromatic heterocycles. The zero-order valence-electron chi connectivity index (χ0n) is 9.70. The lowest BCUT2D eigenvalue weighted by atomic mass is 10.0. The van der Waals surface area contributed by atoms with Crippen molar-refractivity contribution in [2.24, 2.45) is 0 Å². The number of hydrogen-bond acceptors (Lipinski definition) is 6. The molecule has 0 spiro atoms. The van der Waals surface area contributed by atoms with Crippen LogP contribution in [0.15, 0.2) is 11.1 Å². The predicted molar refractivity (Wildman–Crippen MR) is 60.7 cm³/mol. The zero-order valence-corrected chi connectivity index (χ0v) is 10.5. The van der Waals surface area contributed by atoms with Crippen molar-refractivity contribution in [1.29, 1.82) is 0 Å². The summed E-state index contributed by atoms with van der Waals surface area (Å²) in [6, 6.07) is -0.476. The van der Waals surface area contributed by atoms with Crippen LogP contribution in [0.4, 0.5) is 0 Å². The number of carbonyl (C=O) groups excluding carboxylic acids is 2. The van der Waals surface area contributed by atoms with Gasteiger partial charge in [0.1, 0.15) is 10.9 Å². The van der Waals surface area contributed by atoms with Crippen molar-refractivity contribution < 1.29 is 19.1 Å². The van der Waals surface area contributed by atoms with Crippen LogP contribution in [0.2, 0.25) is 0 Å². The van der Waals surface area contributed by atoms with E-state index in [9.17, 15) is 9.59 Å². The highest BCUT2D eigenvalue weighted by atomic mass is 32.2. The number of rotatable bonds is 2. The van der Waals surface area contributed by atoms with Crippen LogP contribution in [0.3, 0.4) is 0 Å². The van der Waals surface area contributed by atoms with Gasteiger partial charge in [0.15, 0.2) is 0 Å². The van der Waals surface area contributed by atoms with Crippen LogP contribution in [0.5, 0.6) is 0 Å². The Hall–Kier alpha value is -1.17. The highest BCUT2D eigenvalue weighted by Gasteiger charge is 2.41. The molecule has 1 rings (SSSR count). The number of esters is 2. The molecule has 1 N–H and O–H groups in total. The van der Waals surface area contributed by atoms with E-state index in [4.69, 9.17) is 0 Å². The van der Waals surface area contributed by atoms with Crippen molar-refractivity contribution in [3.8, 4) is 0 Å². The van der Waals surface area contributed by atoms with Crippen LogP contribution in [-0.2, 0) is 19.1 Å². The van der Waals surface area contributed by atoms with Gasteiger partial charge in [-0.1, -0.05) is 0 Å². The third-order valence-electron chi connectivity index (χ3n) is 2.27. The van der Waals surface area contributed by atoms with Gasteiger partial charge in [0.25, 0.3) is 0 Å². The fourth-order valence-electron chi connectivity index (χ4n) is 1.40. The van der Waals surface area contributed by atoms with E-state index in [1.165, 1.54) is 32.2 Å². The molecule has 1 heterocycles. The van der Waals surface area contributed by atoms with E-state index in [2.05, 4.69) is 14.8 Å². The van der Waals surface area contributed by atoms with Gasteiger partial charge >= 0.3 is 11.9 Å². The smallest absolute Gasteiger partial charge is 0.345 e. The van der Waals surface area contributed by atoms with Crippen molar-refractivity contribution in [3.05, 3.63) is 11.1 Å². The highest BCUT2D eigenvalue weighted by molar-refractivity contribution is 8.05. The van der Waals surface area contributed by atoms with Gasteiger partial charge in [-0.2, -0.15) is 0 Å². The Morgan fingerprint density at radius 3 is 2.44 bits per heavy atom. The van der Waals surface area contributed by atoms with Crippen LogP contribution < -0.4 is 5.32 Å². The molecule has 1 atom stereocenters. The van der Waals surface area contributed by atoms with Crippen molar-refractivity contribution >= 4 is 23.7 Å². The summed E-state index contributed by atoms with van der Waals surface area (Å²) in [6.07, 6.45) is 1.49. The summed E-state index contributed by atoms with van der Waals surface area (Å²) in [5.74, 6) is -0.758. The van der Waals surface area contributed by atoms with Crippen molar-refractivity contribution in [1.82, 2.24) is 5.32 Å². The number of thioether (sulfide) groups is 1. The topological polar surface area (TPSA) is 64.6 Å². The number of methoxy groups -OCH3 is 2. The molecular weight excluding hydrogens is 230 g/mol. The summed E-state index contributed by atoms with van der Waals surface area (Å²) < 4.78 is 8.84. The van der Waals surface area contributed by atoms with Crippen molar-refractivity contribution in [2.45, 2.75) is 24.6 Å². The van der Waals surface area contributed by atoms with Crippen molar-refractivity contribution in [3.63, 3.8) is 0 Å². The summed E-state index contributed by atoms with van der Waals surface area (Å²) >= 11 is 1.30. The number of carbonyl (C=O) groups is 2. The van der Waals surface area contributed by atoms with Gasteiger partial charge in [-0.3, -0.25) is 0 Å². The number of nitrogens with one attached hydrogen (secondary N) is 1. The molecule has 1 aliphatic heterocycles. The van der Waals surface area contributed by atoms with E-state index in [0.717, 1.165) is 0 Å². The molecule has 0 fully saturated rings. The Labute approximate surface area is 98.6 Å². The minimum absolute atomic E-state index is 0.349. The summed E-state index contributed by atoms with van der Waals surface area (Å²) in [7, 11) is 2.66. The summed E-state index contributed by atoms with van der Waals surface area (Å²) in [5, 5.41) is 2.87. The van der Waals surface area contributed by atoms with E-state index in [1.807, 2.05) is 13.8 Å². The Bertz CT molecular complexity index is 338. The summed E-state index contributed by atoms with van der Waals surface area (Å²) in [4.78, 5) is 23.3. The standard InChI is InChI=1S/C10H15NO4S/c1-10(2)7(9(13)15-4)11-5-6(16-10)8(12)14-3/h5,7,11H,1-4H3/t7-/m0/s1. The third kappa shape index (κ3) is 2.49. The SMILES string of the molecule is COC(=O)C1=CN[C@@H](C(=O)OC)C(C)(C)S1. The molecule has 16 heavy (non-hydrogen) atoms. The Kier molecular flexibility index (Phi) is 3.85. The largest absolute Gasteiger partial charge is 0.467 e. The van der Waals surface area contributed by atoms with Gasteiger partial charge < -0.3 is 14.8 Å². The fourth-order valence-corrected chi connectivity index (χ4v) is 2.54. The third-order valence-corrected chi connectivity index (χ3v) is 3.54. The number of ether oxygens (including phenoxy) is 2. The first-order valence-electron chi connectivity index (χ1n) is 4.73. The first-order chi connectivity index (χ1) is 7.42. The van der Waals surface area contributed by atoms with Gasteiger partial charge in [-0.15, -0.1) is 11.8 Å². The minimum atomic E-state index is -0.476. The Balaban J connectivity index is 2.88. The summed E-state index contributed by atoms with van der Waals surface area (Å²) in [5.41, 5.74) is 0. The highest BCUT2D eigenvalue weighted by Crippen LogP contribution is 2.38. The van der Waals surface area contributed by atoms with Gasteiger partial charge in [0, 0.05) is 10.9 Å². The zero-order chi connectivity index (χ0) is 12.3. The molecule has 5 nitrogen and oxygen atoms in total. The molecule has 0 saturated carbocycles. The van der Waals surface area contributed by atoms with E-state index >= 15 is 0 Å². The molecule has 1 aliphatic rings. The molecule has 6 heteroatoms. The van der Waals surface area contributed by atoms with Crippen LogP contribution in [0, 0.1) is 0 Å². The second-order valence-electron chi connectivity index (χ2n) is 3.83. The maximum Gasteiger partial charge on any atom is 0.345 e. The van der Waals surface area contributed by atoms with Crippen molar-refractivity contribution in [2.75, 3.05) is 14.2 Å². The maximum absolute atomic E-state index is 11.5. The predicted octanol–water partition coefficient (Wildman–Crippen LogP) is 0.657. The van der Waals surface area contributed by atoms with Crippen LogP contribution in [-0.4, -0.2) is 36.9 Å². The quantitative estimate of drug-likeness (QED) is 0.721. The fraction of sp³-hybridized carbons (Fsp3) is 0.600. The molecule has 0 unspecified atom stereocenters. The molecule has 0 aliphatic carbocycles. The molecule has 0 radical (unpaired) electrons. The van der Waals surface area contributed by atoms with Crippen LogP contribution in [0.1, 0.15) is 13.8 Å². The van der Waals surface area contributed by atoms with Gasteiger partial charge in [0.2, 0.25) is 0 Å². The average Bonchev–Trinajstić information content (AvgIpc) is 2.25. The van der Waals surface area contributed by atoms with E-state index in [0.29, 0.717) is 4.91 Å². The van der Waals surface area contributed by atoms with Gasteiger partial charge in [-0.05, 0) is 13.8 Å². The average molecular weight is 245 g/mol. The van der Waals surface area contributed by atoms with Gasteiger partial charge in [0.05, 0.1) is 14.2 Å². The van der Waals surface area contributed by atoms with E-state index in [1.54, 1.807) is 0 Å². The second-order valence-corrected chi connectivity index (χ2v) is 5.52. The maximum atomic E-state index is 11.5. The monoisotopic (exact) mass is 245 g/mol. The van der Waals surface area contributed by atoms with Gasteiger partial charge in [-0.25, -0.2) is 9.59 Å². The summed E-state index contributed by atoms with van der Waals surface area (Å²) in [6.45, 7) is 3.73. The molecule has 0 amide bonds. The van der Waals surface area contributed by atoms with E-state index in [-0.39, 0.29) is 5.97 Å². The second kappa shape index (κ2) is 4.78. The lowest BCUT2D eigenvalue weighted by molar-refractivity contribution is -0.143. The molecule has 0 saturated heterocycles. The van der Waals surface area contributed by atoms with Crippen LogP contribution in [0.25, 0.3) is 0 Å². The van der Waals surface area contributed by atoms with Crippen LogP contribution >= 0.6 is 11.8 Å². The molecule has 0 bridgehead atoms. The minimum Gasteiger partial charge on any atom is -0.467 e. The lowest BCUT2D eigenvalue weighted by Crippen LogP contribution is -2.51. The Morgan fingerprint density at radius 2 is 2.00 bits per heavy atom. The first-order valence-corrected chi connectivity index (χ1v) is 5.55. The molecule has 0 aromatic carbocycles.